The molecule has 1 aliphatic rings. The van der Waals surface area contributed by atoms with E-state index in [-0.39, 0.29) is 5.91 Å². The van der Waals surface area contributed by atoms with Gasteiger partial charge in [0, 0.05) is 30.6 Å². The first-order valence-electron chi connectivity index (χ1n) is 10.6. The minimum atomic E-state index is -0.444. The van der Waals surface area contributed by atoms with Crippen LogP contribution in [0.5, 0.6) is 11.5 Å². The topological polar surface area (TPSA) is 77.1 Å². The Labute approximate surface area is 196 Å². The van der Waals surface area contributed by atoms with Gasteiger partial charge < -0.3 is 19.5 Å². The van der Waals surface area contributed by atoms with E-state index >= 15 is 0 Å². The van der Waals surface area contributed by atoms with E-state index in [0.29, 0.717) is 40.6 Å². The van der Waals surface area contributed by atoms with E-state index in [1.807, 2.05) is 18.2 Å². The maximum atomic E-state index is 13.1. The second-order valence-electron chi connectivity index (χ2n) is 7.67. The van der Waals surface area contributed by atoms with Crippen LogP contribution in [0, 0.1) is 0 Å². The van der Waals surface area contributed by atoms with Crippen LogP contribution in [0.2, 0.25) is 0 Å². The van der Waals surface area contributed by atoms with Crippen molar-refractivity contribution in [3.63, 3.8) is 0 Å². The Morgan fingerprint density at radius 3 is 2.55 bits per heavy atom. The second-order valence-corrected chi connectivity index (χ2v) is 8.77. The molecule has 1 amide bonds. The van der Waals surface area contributed by atoms with Gasteiger partial charge in [-0.25, -0.2) is 4.79 Å². The molecule has 1 N–H and O–H groups in total. The quantitative estimate of drug-likeness (QED) is 0.522. The van der Waals surface area contributed by atoms with Crippen LogP contribution in [-0.4, -0.2) is 44.7 Å². The van der Waals surface area contributed by atoms with Crippen LogP contribution in [0.25, 0.3) is 0 Å². The standard InChI is InChI=1S/C25H26N2O5S/c1-30-17-9-10-18(20(13-17)31-2)23(28)26-24-22(25(29)32-3)19-11-12-27(15-21(19)33-24)14-16-7-5-4-6-8-16/h4-10,13H,11-12,14-15H2,1-3H3,(H,26,28). The molecule has 0 saturated heterocycles. The summed E-state index contributed by atoms with van der Waals surface area (Å²) in [6.07, 6.45) is 0.713. The second kappa shape index (κ2) is 10.1. The van der Waals surface area contributed by atoms with Crippen molar-refractivity contribution in [1.82, 2.24) is 4.90 Å². The molecule has 7 nitrogen and oxygen atoms in total. The summed E-state index contributed by atoms with van der Waals surface area (Å²) in [4.78, 5) is 29.1. The van der Waals surface area contributed by atoms with E-state index in [0.717, 1.165) is 23.5 Å². The molecule has 33 heavy (non-hydrogen) atoms. The number of amides is 1. The monoisotopic (exact) mass is 466 g/mol. The van der Waals surface area contributed by atoms with Crippen LogP contribution >= 0.6 is 11.3 Å². The molecule has 0 radical (unpaired) electrons. The van der Waals surface area contributed by atoms with E-state index in [1.165, 1.54) is 31.1 Å². The van der Waals surface area contributed by atoms with Gasteiger partial charge in [0.2, 0.25) is 0 Å². The van der Waals surface area contributed by atoms with Gasteiger partial charge in [-0.05, 0) is 29.7 Å². The van der Waals surface area contributed by atoms with Gasteiger partial charge in [-0.2, -0.15) is 0 Å². The van der Waals surface area contributed by atoms with Gasteiger partial charge in [0.05, 0.1) is 32.5 Å². The van der Waals surface area contributed by atoms with Crippen molar-refractivity contribution in [3.05, 3.63) is 75.7 Å². The average molecular weight is 467 g/mol. The molecule has 3 aromatic rings. The first-order chi connectivity index (χ1) is 16.0. The SMILES string of the molecule is COC(=O)c1c(NC(=O)c2ccc(OC)cc2OC)sc2c1CCN(Cc1ccccc1)C2. The molecule has 1 aromatic heterocycles. The molecule has 2 aromatic carbocycles. The Balaban J connectivity index is 1.60. The molecular formula is C25H26N2O5S. The molecule has 8 heteroatoms. The van der Waals surface area contributed by atoms with E-state index in [4.69, 9.17) is 14.2 Å². The molecule has 0 spiro atoms. The number of rotatable bonds is 7. The zero-order chi connectivity index (χ0) is 23.4. The van der Waals surface area contributed by atoms with Crippen LogP contribution in [0.3, 0.4) is 0 Å². The normalized spacial score (nSPS) is 13.2. The number of hydrogen-bond acceptors (Lipinski definition) is 7. The molecule has 2 heterocycles. The zero-order valence-corrected chi connectivity index (χ0v) is 19.7. The van der Waals surface area contributed by atoms with Crippen molar-refractivity contribution in [2.24, 2.45) is 0 Å². The van der Waals surface area contributed by atoms with Gasteiger partial charge in [-0.15, -0.1) is 11.3 Å². The molecule has 0 fully saturated rings. The summed E-state index contributed by atoms with van der Waals surface area (Å²) < 4.78 is 15.6. The fourth-order valence-corrected chi connectivity index (χ4v) is 5.27. The molecular weight excluding hydrogens is 440 g/mol. The lowest BCUT2D eigenvalue weighted by Gasteiger charge is -2.27. The van der Waals surface area contributed by atoms with Crippen molar-refractivity contribution in [2.45, 2.75) is 19.5 Å². The number of carbonyl (C=O) groups excluding carboxylic acids is 2. The van der Waals surface area contributed by atoms with Gasteiger partial charge in [0.1, 0.15) is 16.5 Å². The van der Waals surface area contributed by atoms with E-state index in [9.17, 15) is 9.59 Å². The number of thiophene rings is 1. The molecule has 1 aliphatic heterocycles. The predicted molar refractivity (Wildman–Crippen MR) is 127 cm³/mol. The highest BCUT2D eigenvalue weighted by Crippen LogP contribution is 2.38. The van der Waals surface area contributed by atoms with Crippen LogP contribution in [-0.2, 0) is 24.2 Å². The van der Waals surface area contributed by atoms with Gasteiger partial charge in [0.25, 0.3) is 5.91 Å². The number of esters is 1. The maximum absolute atomic E-state index is 13.1. The van der Waals surface area contributed by atoms with Gasteiger partial charge in [-0.1, -0.05) is 30.3 Å². The third-order valence-corrected chi connectivity index (χ3v) is 6.79. The fourth-order valence-electron chi connectivity index (χ4n) is 4.00. The first-order valence-corrected chi connectivity index (χ1v) is 11.4. The van der Waals surface area contributed by atoms with E-state index < -0.39 is 5.97 Å². The largest absolute Gasteiger partial charge is 0.497 e. The number of benzene rings is 2. The summed E-state index contributed by atoms with van der Waals surface area (Å²) in [5, 5.41) is 3.41. The molecule has 0 bridgehead atoms. The Morgan fingerprint density at radius 2 is 1.85 bits per heavy atom. The molecule has 4 rings (SSSR count). The van der Waals surface area contributed by atoms with E-state index in [2.05, 4.69) is 22.3 Å². The highest BCUT2D eigenvalue weighted by molar-refractivity contribution is 7.17. The van der Waals surface area contributed by atoms with Crippen molar-refractivity contribution in [1.29, 1.82) is 0 Å². The third-order valence-electron chi connectivity index (χ3n) is 5.65. The van der Waals surface area contributed by atoms with Crippen LogP contribution < -0.4 is 14.8 Å². The number of ether oxygens (including phenoxy) is 3. The van der Waals surface area contributed by atoms with Crippen molar-refractivity contribution < 1.29 is 23.8 Å². The molecule has 172 valence electrons. The van der Waals surface area contributed by atoms with Crippen LogP contribution in [0.4, 0.5) is 5.00 Å². The number of carbonyl (C=O) groups is 2. The molecule has 0 saturated carbocycles. The molecule has 0 unspecified atom stereocenters. The van der Waals surface area contributed by atoms with Crippen molar-refractivity contribution >= 4 is 28.2 Å². The number of methoxy groups -OCH3 is 3. The summed E-state index contributed by atoms with van der Waals surface area (Å²) in [5.74, 6) is 0.172. The summed E-state index contributed by atoms with van der Waals surface area (Å²) in [6, 6.07) is 15.3. The lowest BCUT2D eigenvalue weighted by molar-refractivity contribution is 0.0600. The van der Waals surface area contributed by atoms with Crippen molar-refractivity contribution in [3.8, 4) is 11.5 Å². The lowest BCUT2D eigenvalue weighted by atomic mass is 10.0. The summed E-state index contributed by atoms with van der Waals surface area (Å²) >= 11 is 1.42. The zero-order valence-electron chi connectivity index (χ0n) is 18.8. The summed E-state index contributed by atoms with van der Waals surface area (Å²) in [7, 11) is 4.40. The minimum Gasteiger partial charge on any atom is -0.497 e. The van der Waals surface area contributed by atoms with Crippen molar-refractivity contribution in [2.75, 3.05) is 33.2 Å². The molecule has 0 atom stereocenters. The molecule has 0 aliphatic carbocycles. The number of hydrogen-bond donors (Lipinski definition) is 1. The van der Waals surface area contributed by atoms with Gasteiger partial charge >= 0.3 is 5.97 Å². The summed E-state index contributed by atoms with van der Waals surface area (Å²) in [6.45, 7) is 2.36. The van der Waals surface area contributed by atoms with Crippen LogP contribution in [0.1, 0.15) is 36.7 Å². The minimum absolute atomic E-state index is 0.353. The Morgan fingerprint density at radius 1 is 1.06 bits per heavy atom. The number of fused-ring (bicyclic) bond motifs is 1. The third kappa shape index (κ3) is 4.86. The average Bonchev–Trinajstić information content (AvgIpc) is 3.20. The first kappa shape index (κ1) is 22.8. The lowest BCUT2D eigenvalue weighted by Crippen LogP contribution is -2.29. The number of nitrogens with one attached hydrogen (secondary N) is 1. The highest BCUT2D eigenvalue weighted by atomic mass is 32.1. The number of nitrogens with zero attached hydrogens (tertiary/aromatic N) is 1. The Kier molecular flexibility index (Phi) is 6.96. The van der Waals surface area contributed by atoms with Gasteiger partial charge in [-0.3, -0.25) is 9.69 Å². The fraction of sp³-hybridized carbons (Fsp3) is 0.280. The predicted octanol–water partition coefficient (Wildman–Crippen LogP) is 4.36. The van der Waals surface area contributed by atoms with Crippen LogP contribution in [0.15, 0.2) is 48.5 Å². The highest BCUT2D eigenvalue weighted by Gasteiger charge is 2.30. The summed E-state index contributed by atoms with van der Waals surface area (Å²) in [5.41, 5.74) is 2.99. The number of anilines is 1. The smallest absolute Gasteiger partial charge is 0.341 e. The van der Waals surface area contributed by atoms with Gasteiger partial charge in [0.15, 0.2) is 0 Å². The van der Waals surface area contributed by atoms with E-state index in [1.54, 1.807) is 25.3 Å². The maximum Gasteiger partial charge on any atom is 0.341 e. The Bertz CT molecular complexity index is 1160. The Hall–Kier alpha value is -3.36.